The van der Waals surface area contributed by atoms with Gasteiger partial charge in [-0.2, -0.15) is 11.3 Å². The average Bonchev–Trinajstić information content (AvgIpc) is 2.95. The molecule has 1 aromatic carbocycles. The number of benzene rings is 1. The lowest BCUT2D eigenvalue weighted by Crippen LogP contribution is -2.31. The molecule has 1 heterocycles. The topological polar surface area (TPSA) is 0 Å². The number of aryl methyl sites for hydroxylation is 1. The van der Waals surface area contributed by atoms with Crippen molar-refractivity contribution < 1.29 is 0 Å². The largest absolute Gasteiger partial charge is 0.152 e. The molecular weight excluding hydrogens is 319 g/mol. The van der Waals surface area contributed by atoms with Crippen LogP contribution in [0.15, 0.2) is 41.1 Å². The van der Waals surface area contributed by atoms with E-state index in [0.717, 1.165) is 23.4 Å². The van der Waals surface area contributed by atoms with Crippen LogP contribution in [0.5, 0.6) is 0 Å². The van der Waals surface area contributed by atoms with E-state index >= 15 is 0 Å². The van der Waals surface area contributed by atoms with Gasteiger partial charge in [0.05, 0.1) is 0 Å². The third kappa shape index (κ3) is 3.46. The lowest BCUT2D eigenvalue weighted by molar-refractivity contribution is 0.493. The molecule has 0 fully saturated rings. The fourth-order valence-corrected chi connectivity index (χ4v) is 4.04. The molecule has 2 rings (SSSR count). The van der Waals surface area contributed by atoms with Crippen LogP contribution in [-0.4, -0.2) is 11.8 Å². The third-order valence-corrected chi connectivity index (χ3v) is 5.51. The van der Waals surface area contributed by atoms with Gasteiger partial charge in [0, 0.05) is 22.2 Å². The molecule has 0 N–H and O–H groups in total. The first-order valence-electron chi connectivity index (χ1n) is 6.10. The summed E-state index contributed by atoms with van der Waals surface area (Å²) in [4.78, 5) is 0. The third-order valence-electron chi connectivity index (χ3n) is 3.43. The summed E-state index contributed by atoms with van der Waals surface area (Å²) >= 11 is 20.5. The summed E-state index contributed by atoms with van der Waals surface area (Å²) in [5.74, 6) is 0.953. The summed E-state index contributed by atoms with van der Waals surface area (Å²) in [5.41, 5.74) is 2.12. The van der Waals surface area contributed by atoms with Crippen molar-refractivity contribution in [3.05, 3.63) is 57.2 Å². The molecule has 0 aliphatic rings. The van der Waals surface area contributed by atoms with Gasteiger partial charge in [-0.3, -0.25) is 0 Å². The number of alkyl halides is 2. The minimum absolute atomic E-state index is 0.261. The maximum absolute atomic E-state index is 6.31. The maximum atomic E-state index is 6.31. The van der Waals surface area contributed by atoms with E-state index in [9.17, 15) is 0 Å². The zero-order chi connectivity index (χ0) is 13.7. The normalized spacial score (nSPS) is 11.7. The van der Waals surface area contributed by atoms with Gasteiger partial charge in [0.1, 0.15) is 0 Å². The molecule has 0 nitrogen and oxygen atoms in total. The fraction of sp³-hybridized carbons (Fsp3) is 0.333. The predicted molar refractivity (Wildman–Crippen MR) is 87.2 cm³/mol. The van der Waals surface area contributed by atoms with Crippen molar-refractivity contribution >= 4 is 46.1 Å². The number of thiophene rings is 1. The second-order valence-electron chi connectivity index (χ2n) is 4.66. The van der Waals surface area contributed by atoms with Gasteiger partial charge in [0.2, 0.25) is 0 Å². The predicted octanol–water partition coefficient (Wildman–Crippen LogP) is 5.75. The monoisotopic (exact) mass is 332 g/mol. The summed E-state index contributed by atoms with van der Waals surface area (Å²) in [7, 11) is 0. The Morgan fingerprint density at radius 2 is 1.79 bits per heavy atom. The first-order chi connectivity index (χ1) is 9.22. The second-order valence-corrected chi connectivity index (χ2v) is 6.38. The van der Waals surface area contributed by atoms with E-state index in [1.54, 1.807) is 11.3 Å². The molecule has 19 heavy (non-hydrogen) atoms. The Kier molecular flexibility index (Phi) is 5.58. The van der Waals surface area contributed by atoms with E-state index in [1.807, 2.05) is 24.3 Å². The number of hydrogen-bond acceptors (Lipinski definition) is 1. The lowest BCUT2D eigenvalue weighted by atomic mass is 9.79. The number of rotatable bonds is 6. The van der Waals surface area contributed by atoms with Crippen molar-refractivity contribution in [3.63, 3.8) is 0 Å². The van der Waals surface area contributed by atoms with Crippen LogP contribution in [0.4, 0.5) is 0 Å². The van der Waals surface area contributed by atoms with Crippen molar-refractivity contribution in [1.29, 1.82) is 0 Å². The molecule has 0 spiro atoms. The number of halogens is 3. The molecule has 0 aliphatic heterocycles. The molecule has 0 unspecified atom stereocenters. The van der Waals surface area contributed by atoms with E-state index in [2.05, 4.69) is 16.8 Å². The van der Waals surface area contributed by atoms with Crippen LogP contribution in [0.3, 0.4) is 0 Å². The minimum atomic E-state index is -0.261. The van der Waals surface area contributed by atoms with Crippen molar-refractivity contribution in [2.24, 2.45) is 0 Å². The smallest absolute Gasteiger partial charge is 0.0444 e. The Bertz CT molecular complexity index is 504. The van der Waals surface area contributed by atoms with Crippen molar-refractivity contribution in [2.75, 3.05) is 11.8 Å². The highest BCUT2D eigenvalue weighted by atomic mass is 35.5. The molecule has 0 aliphatic carbocycles. The van der Waals surface area contributed by atoms with Gasteiger partial charge in [0.15, 0.2) is 0 Å². The molecule has 2 aromatic rings. The van der Waals surface area contributed by atoms with Crippen LogP contribution < -0.4 is 0 Å². The molecule has 102 valence electrons. The SMILES string of the molecule is ClCC(CCl)(CCc1ccsc1)c1ccccc1Cl. The first-order valence-corrected chi connectivity index (χ1v) is 8.49. The van der Waals surface area contributed by atoms with Gasteiger partial charge >= 0.3 is 0 Å². The summed E-state index contributed by atoms with van der Waals surface area (Å²) in [6, 6.07) is 9.98. The maximum Gasteiger partial charge on any atom is 0.0444 e. The van der Waals surface area contributed by atoms with Crippen molar-refractivity contribution in [2.45, 2.75) is 18.3 Å². The molecule has 0 atom stereocenters. The van der Waals surface area contributed by atoms with Gasteiger partial charge in [0.25, 0.3) is 0 Å². The van der Waals surface area contributed by atoms with E-state index in [1.165, 1.54) is 5.56 Å². The van der Waals surface area contributed by atoms with Crippen LogP contribution in [0.25, 0.3) is 0 Å². The minimum Gasteiger partial charge on any atom is -0.152 e. The van der Waals surface area contributed by atoms with Gasteiger partial charge in [-0.25, -0.2) is 0 Å². The Balaban J connectivity index is 2.24. The second kappa shape index (κ2) is 6.99. The van der Waals surface area contributed by atoms with Crippen LogP contribution >= 0.6 is 46.1 Å². The fourth-order valence-electron chi connectivity index (χ4n) is 2.16. The Morgan fingerprint density at radius 1 is 1.05 bits per heavy atom. The molecule has 4 heteroatoms. The average molecular weight is 334 g/mol. The van der Waals surface area contributed by atoms with E-state index in [4.69, 9.17) is 34.8 Å². The first kappa shape index (κ1) is 15.2. The molecule has 0 saturated carbocycles. The van der Waals surface area contributed by atoms with Crippen LogP contribution in [0.1, 0.15) is 17.5 Å². The zero-order valence-electron chi connectivity index (χ0n) is 10.4. The van der Waals surface area contributed by atoms with E-state index < -0.39 is 0 Å². The molecule has 0 amide bonds. The quantitative estimate of drug-likeness (QED) is 0.590. The van der Waals surface area contributed by atoms with Crippen LogP contribution in [-0.2, 0) is 11.8 Å². The van der Waals surface area contributed by atoms with Crippen molar-refractivity contribution in [1.82, 2.24) is 0 Å². The van der Waals surface area contributed by atoms with Gasteiger partial charge in [-0.05, 0) is 46.9 Å². The molecular formula is C15H15Cl3S. The van der Waals surface area contributed by atoms with Gasteiger partial charge in [-0.15, -0.1) is 23.2 Å². The standard InChI is InChI=1S/C15H15Cl3S/c16-10-15(11-17,7-5-12-6-8-19-9-12)13-3-1-2-4-14(13)18/h1-4,6,8-9H,5,7,10-11H2. The van der Waals surface area contributed by atoms with Gasteiger partial charge in [-0.1, -0.05) is 29.8 Å². The summed E-state index contributed by atoms with van der Waals surface area (Å²) < 4.78 is 0. The van der Waals surface area contributed by atoms with E-state index in [-0.39, 0.29) is 5.41 Å². The summed E-state index contributed by atoms with van der Waals surface area (Å²) in [6.45, 7) is 0. The van der Waals surface area contributed by atoms with Crippen molar-refractivity contribution in [3.8, 4) is 0 Å². The molecule has 1 aromatic heterocycles. The highest BCUT2D eigenvalue weighted by Gasteiger charge is 2.32. The molecule has 0 radical (unpaired) electrons. The highest BCUT2D eigenvalue weighted by Crippen LogP contribution is 2.36. The Hall–Kier alpha value is -0.210. The van der Waals surface area contributed by atoms with Gasteiger partial charge < -0.3 is 0 Å². The molecule has 0 saturated heterocycles. The molecule has 0 bridgehead atoms. The summed E-state index contributed by atoms with van der Waals surface area (Å²) in [6.07, 6.45) is 1.87. The number of hydrogen-bond donors (Lipinski definition) is 0. The Morgan fingerprint density at radius 3 is 2.37 bits per heavy atom. The van der Waals surface area contributed by atoms with E-state index in [0.29, 0.717) is 11.8 Å². The van der Waals surface area contributed by atoms with Crippen LogP contribution in [0, 0.1) is 0 Å². The Labute approximate surface area is 133 Å². The van der Waals surface area contributed by atoms with Crippen LogP contribution in [0.2, 0.25) is 5.02 Å². The highest BCUT2D eigenvalue weighted by molar-refractivity contribution is 7.07. The summed E-state index contributed by atoms with van der Waals surface area (Å²) in [5, 5.41) is 5.00. The lowest BCUT2D eigenvalue weighted by Gasteiger charge is -2.31. The zero-order valence-corrected chi connectivity index (χ0v) is 13.5.